The van der Waals surface area contributed by atoms with Gasteiger partial charge in [-0.3, -0.25) is 9.78 Å². The van der Waals surface area contributed by atoms with Crippen LogP contribution in [0.25, 0.3) is 0 Å². The molecule has 1 aromatic carbocycles. The molecule has 4 heteroatoms. The highest BCUT2D eigenvalue weighted by molar-refractivity contribution is 5.79. The molecule has 4 rings (SSSR count). The van der Waals surface area contributed by atoms with E-state index in [-0.39, 0.29) is 12.0 Å². The van der Waals surface area contributed by atoms with Crippen LogP contribution in [0.1, 0.15) is 48.8 Å². The van der Waals surface area contributed by atoms with Crippen molar-refractivity contribution in [3.05, 3.63) is 66.0 Å². The van der Waals surface area contributed by atoms with E-state index in [1.54, 1.807) is 6.20 Å². The number of carbonyl (C=O) groups excluding carboxylic acids is 1. The predicted molar refractivity (Wildman–Crippen MR) is 103 cm³/mol. The molecule has 0 bridgehead atoms. The average molecular weight is 349 g/mol. The van der Waals surface area contributed by atoms with Crippen LogP contribution in [0.15, 0.2) is 54.9 Å². The van der Waals surface area contributed by atoms with Crippen molar-refractivity contribution < 1.29 is 4.79 Å². The molecule has 2 aliphatic rings. The van der Waals surface area contributed by atoms with Gasteiger partial charge in [0.15, 0.2) is 0 Å². The van der Waals surface area contributed by atoms with Crippen molar-refractivity contribution >= 4 is 5.91 Å². The number of nitrogens with one attached hydrogen (secondary N) is 1. The van der Waals surface area contributed by atoms with Gasteiger partial charge < -0.3 is 10.2 Å². The van der Waals surface area contributed by atoms with Gasteiger partial charge in [0.25, 0.3) is 0 Å². The molecule has 2 aromatic rings. The zero-order valence-electron chi connectivity index (χ0n) is 15.2. The normalized spacial score (nSPS) is 26.5. The summed E-state index contributed by atoms with van der Waals surface area (Å²) in [6, 6.07) is 14.9. The van der Waals surface area contributed by atoms with Crippen LogP contribution in [0, 0.1) is 5.92 Å². The molecular formula is C22H27N3O. The molecule has 1 amide bonds. The van der Waals surface area contributed by atoms with Crippen LogP contribution in [-0.2, 0) is 4.79 Å². The summed E-state index contributed by atoms with van der Waals surface area (Å²) in [5.41, 5.74) is 2.56. The maximum absolute atomic E-state index is 13.3. The van der Waals surface area contributed by atoms with Crippen molar-refractivity contribution in [2.75, 3.05) is 19.6 Å². The second-order valence-electron chi connectivity index (χ2n) is 7.50. The van der Waals surface area contributed by atoms with Crippen LogP contribution in [0.4, 0.5) is 0 Å². The summed E-state index contributed by atoms with van der Waals surface area (Å²) in [4.78, 5) is 19.6. The number of rotatable bonds is 3. The maximum Gasteiger partial charge on any atom is 0.226 e. The Morgan fingerprint density at radius 1 is 1.00 bits per heavy atom. The number of aromatic nitrogens is 1. The summed E-state index contributed by atoms with van der Waals surface area (Å²) < 4.78 is 0. The van der Waals surface area contributed by atoms with Crippen LogP contribution < -0.4 is 5.32 Å². The molecule has 1 aromatic heterocycles. The Morgan fingerprint density at radius 2 is 1.77 bits per heavy atom. The van der Waals surface area contributed by atoms with E-state index in [2.05, 4.69) is 51.6 Å². The van der Waals surface area contributed by atoms with Gasteiger partial charge in [0.05, 0.1) is 6.04 Å². The molecule has 1 saturated heterocycles. The van der Waals surface area contributed by atoms with E-state index in [1.807, 2.05) is 12.3 Å². The Hall–Kier alpha value is -2.20. The fourth-order valence-corrected chi connectivity index (χ4v) is 4.47. The van der Waals surface area contributed by atoms with Gasteiger partial charge in [-0.25, -0.2) is 0 Å². The Labute approximate surface area is 155 Å². The molecular weight excluding hydrogens is 322 g/mol. The van der Waals surface area contributed by atoms with Gasteiger partial charge in [-0.1, -0.05) is 36.4 Å². The van der Waals surface area contributed by atoms with Gasteiger partial charge in [0.1, 0.15) is 0 Å². The number of hydrogen-bond acceptors (Lipinski definition) is 3. The van der Waals surface area contributed by atoms with E-state index in [1.165, 1.54) is 5.56 Å². The van der Waals surface area contributed by atoms with E-state index >= 15 is 0 Å². The van der Waals surface area contributed by atoms with Gasteiger partial charge in [0.2, 0.25) is 5.91 Å². The number of carbonyl (C=O) groups is 1. The van der Waals surface area contributed by atoms with E-state index in [0.717, 1.165) is 50.9 Å². The van der Waals surface area contributed by atoms with Crippen molar-refractivity contribution in [1.29, 1.82) is 0 Å². The van der Waals surface area contributed by atoms with Gasteiger partial charge in [-0.15, -0.1) is 0 Å². The molecule has 2 heterocycles. The summed E-state index contributed by atoms with van der Waals surface area (Å²) in [5.74, 6) is 1.12. The fourth-order valence-electron chi connectivity index (χ4n) is 4.47. The smallest absolute Gasteiger partial charge is 0.226 e. The summed E-state index contributed by atoms with van der Waals surface area (Å²) in [5, 5.41) is 3.43. The number of benzene rings is 1. The topological polar surface area (TPSA) is 45.2 Å². The fraction of sp³-hybridized carbons (Fsp3) is 0.455. The molecule has 136 valence electrons. The first-order valence-corrected chi connectivity index (χ1v) is 9.79. The van der Waals surface area contributed by atoms with Gasteiger partial charge in [-0.2, -0.15) is 0 Å². The summed E-state index contributed by atoms with van der Waals surface area (Å²) >= 11 is 0. The Morgan fingerprint density at radius 3 is 2.50 bits per heavy atom. The van der Waals surface area contributed by atoms with Gasteiger partial charge >= 0.3 is 0 Å². The predicted octanol–water partition coefficient (Wildman–Crippen LogP) is 3.53. The standard InChI is InChI=1S/C22H27N3O/c26-22(19-10-8-18(9-11-19)17-5-2-1-3-6-17)25-14-13-24-16-21(25)20-7-4-12-23-15-20/h1-7,12,15,18-19,21,24H,8-11,13-14,16H2. The quantitative estimate of drug-likeness (QED) is 0.922. The largest absolute Gasteiger partial charge is 0.333 e. The molecule has 1 unspecified atom stereocenters. The van der Waals surface area contributed by atoms with Crippen molar-refractivity contribution in [2.24, 2.45) is 5.92 Å². The summed E-state index contributed by atoms with van der Waals surface area (Å²) in [6.07, 6.45) is 7.92. The van der Waals surface area contributed by atoms with Gasteiger partial charge in [0, 0.05) is 37.9 Å². The molecule has 26 heavy (non-hydrogen) atoms. The lowest BCUT2D eigenvalue weighted by atomic mass is 9.78. The van der Waals surface area contributed by atoms with Crippen LogP contribution in [0.5, 0.6) is 0 Å². The van der Waals surface area contributed by atoms with E-state index in [4.69, 9.17) is 0 Å². The second-order valence-corrected chi connectivity index (χ2v) is 7.50. The van der Waals surface area contributed by atoms with Gasteiger partial charge in [-0.05, 0) is 48.8 Å². The van der Waals surface area contributed by atoms with Crippen molar-refractivity contribution in [3.63, 3.8) is 0 Å². The molecule has 0 radical (unpaired) electrons. The minimum Gasteiger partial charge on any atom is -0.333 e. The zero-order valence-corrected chi connectivity index (χ0v) is 15.2. The number of piperazine rings is 1. The first kappa shape index (κ1) is 17.2. The lowest BCUT2D eigenvalue weighted by Gasteiger charge is -2.40. The highest BCUT2D eigenvalue weighted by atomic mass is 16.2. The maximum atomic E-state index is 13.3. The van der Waals surface area contributed by atoms with Crippen molar-refractivity contribution in [3.8, 4) is 0 Å². The average Bonchev–Trinajstić information content (AvgIpc) is 2.75. The number of pyridine rings is 1. The molecule has 1 atom stereocenters. The summed E-state index contributed by atoms with van der Waals surface area (Å²) in [6.45, 7) is 2.48. The molecule has 2 fully saturated rings. The number of amides is 1. The van der Waals surface area contributed by atoms with Crippen LogP contribution >= 0.6 is 0 Å². The lowest BCUT2D eigenvalue weighted by Crippen LogP contribution is -2.50. The number of nitrogens with zero attached hydrogens (tertiary/aromatic N) is 2. The van der Waals surface area contributed by atoms with E-state index in [0.29, 0.717) is 11.8 Å². The third-order valence-corrected chi connectivity index (χ3v) is 5.94. The third-order valence-electron chi connectivity index (χ3n) is 5.94. The van der Waals surface area contributed by atoms with Crippen LogP contribution in [-0.4, -0.2) is 35.4 Å². The first-order chi connectivity index (χ1) is 12.8. The first-order valence-electron chi connectivity index (χ1n) is 9.79. The Balaban J connectivity index is 1.42. The van der Waals surface area contributed by atoms with Crippen LogP contribution in [0.2, 0.25) is 0 Å². The highest BCUT2D eigenvalue weighted by Crippen LogP contribution is 2.37. The number of hydrogen-bond donors (Lipinski definition) is 1. The third kappa shape index (κ3) is 3.65. The Bertz CT molecular complexity index is 711. The molecule has 1 aliphatic carbocycles. The minimum absolute atomic E-state index is 0.108. The minimum atomic E-state index is 0.108. The zero-order chi connectivity index (χ0) is 17.8. The second kappa shape index (κ2) is 8.00. The lowest BCUT2D eigenvalue weighted by molar-refractivity contribution is -0.140. The van der Waals surface area contributed by atoms with Crippen molar-refractivity contribution in [2.45, 2.75) is 37.6 Å². The molecule has 1 aliphatic heterocycles. The molecule has 1 N–H and O–H groups in total. The molecule has 4 nitrogen and oxygen atoms in total. The van der Waals surface area contributed by atoms with E-state index < -0.39 is 0 Å². The Kier molecular flexibility index (Phi) is 5.30. The van der Waals surface area contributed by atoms with Crippen LogP contribution in [0.3, 0.4) is 0 Å². The summed E-state index contributed by atoms with van der Waals surface area (Å²) in [7, 11) is 0. The van der Waals surface area contributed by atoms with Crippen molar-refractivity contribution in [1.82, 2.24) is 15.2 Å². The molecule has 1 saturated carbocycles. The highest BCUT2D eigenvalue weighted by Gasteiger charge is 2.34. The monoisotopic (exact) mass is 349 g/mol. The molecule has 0 spiro atoms. The SMILES string of the molecule is O=C(C1CCC(c2ccccc2)CC1)N1CCNCC1c1cccnc1. The van der Waals surface area contributed by atoms with E-state index in [9.17, 15) is 4.79 Å².